The molecule has 0 aliphatic carbocycles. The molecular formula is C14H19NO4. The summed E-state index contributed by atoms with van der Waals surface area (Å²) >= 11 is 0. The molecule has 0 bridgehead atoms. The first kappa shape index (κ1) is 15.2. The molecule has 0 aliphatic rings. The van der Waals surface area contributed by atoms with E-state index in [0.29, 0.717) is 5.69 Å². The van der Waals surface area contributed by atoms with Gasteiger partial charge in [-0.05, 0) is 32.9 Å². The Kier molecular flexibility index (Phi) is 4.67. The maximum atomic E-state index is 12.0. The predicted octanol–water partition coefficient (Wildman–Crippen LogP) is 2.16. The second kappa shape index (κ2) is 5.84. The SMILES string of the molecule is CN(C(=O)COC(C)(C)C)c1ccccc1C(=O)O. The molecule has 0 saturated heterocycles. The van der Waals surface area contributed by atoms with E-state index < -0.39 is 11.6 Å². The van der Waals surface area contributed by atoms with E-state index in [1.165, 1.54) is 18.0 Å². The number of hydrogen-bond donors (Lipinski definition) is 1. The molecule has 5 nitrogen and oxygen atoms in total. The number of anilines is 1. The first-order valence-electron chi connectivity index (χ1n) is 5.95. The summed E-state index contributed by atoms with van der Waals surface area (Å²) in [6.07, 6.45) is 0. The summed E-state index contributed by atoms with van der Waals surface area (Å²) < 4.78 is 5.40. The van der Waals surface area contributed by atoms with Crippen molar-refractivity contribution in [2.45, 2.75) is 26.4 Å². The lowest BCUT2D eigenvalue weighted by Gasteiger charge is -2.23. The molecule has 1 amide bonds. The number of ether oxygens (including phenoxy) is 1. The number of carbonyl (C=O) groups excluding carboxylic acids is 1. The van der Waals surface area contributed by atoms with Crippen molar-refractivity contribution in [3.05, 3.63) is 29.8 Å². The Morgan fingerprint density at radius 2 is 1.84 bits per heavy atom. The number of aromatic carboxylic acids is 1. The lowest BCUT2D eigenvalue weighted by molar-refractivity contribution is -0.127. The van der Waals surface area contributed by atoms with Crippen LogP contribution >= 0.6 is 0 Å². The van der Waals surface area contributed by atoms with E-state index in [2.05, 4.69) is 0 Å². The second-order valence-electron chi connectivity index (χ2n) is 5.18. The van der Waals surface area contributed by atoms with Crippen molar-refractivity contribution in [1.29, 1.82) is 0 Å². The summed E-state index contributed by atoms with van der Waals surface area (Å²) in [6, 6.07) is 6.37. The van der Waals surface area contributed by atoms with Crippen LogP contribution in [0.1, 0.15) is 31.1 Å². The van der Waals surface area contributed by atoms with Gasteiger partial charge in [0.25, 0.3) is 5.91 Å². The molecule has 0 unspecified atom stereocenters. The molecule has 0 aromatic heterocycles. The molecule has 1 rings (SSSR count). The normalized spacial score (nSPS) is 11.2. The van der Waals surface area contributed by atoms with Gasteiger partial charge in [-0.25, -0.2) is 4.79 Å². The van der Waals surface area contributed by atoms with Gasteiger partial charge in [-0.2, -0.15) is 0 Å². The highest BCUT2D eigenvalue weighted by molar-refractivity contribution is 6.02. The number of para-hydroxylation sites is 1. The number of amides is 1. The van der Waals surface area contributed by atoms with Crippen LogP contribution in [0, 0.1) is 0 Å². The van der Waals surface area contributed by atoms with Crippen molar-refractivity contribution in [1.82, 2.24) is 0 Å². The van der Waals surface area contributed by atoms with Crippen molar-refractivity contribution in [3.8, 4) is 0 Å². The summed E-state index contributed by atoms with van der Waals surface area (Å²) in [6.45, 7) is 5.47. The smallest absolute Gasteiger partial charge is 0.337 e. The molecule has 0 saturated carbocycles. The number of carboxylic acid groups (broad SMARTS) is 1. The molecular weight excluding hydrogens is 246 g/mol. The van der Waals surface area contributed by atoms with Crippen LogP contribution < -0.4 is 4.90 Å². The van der Waals surface area contributed by atoms with E-state index in [1.807, 2.05) is 20.8 Å². The van der Waals surface area contributed by atoms with E-state index in [1.54, 1.807) is 18.2 Å². The standard InChI is InChI=1S/C14H19NO4/c1-14(2,3)19-9-12(16)15(4)11-8-6-5-7-10(11)13(17)18/h5-8H,9H2,1-4H3,(H,17,18). The van der Waals surface area contributed by atoms with Crippen molar-refractivity contribution in [2.75, 3.05) is 18.6 Å². The number of carbonyl (C=O) groups is 2. The third-order valence-corrected chi connectivity index (χ3v) is 2.50. The summed E-state index contributed by atoms with van der Waals surface area (Å²) in [5.74, 6) is -1.35. The van der Waals surface area contributed by atoms with E-state index in [9.17, 15) is 9.59 Å². The minimum absolute atomic E-state index is 0.0893. The zero-order valence-corrected chi connectivity index (χ0v) is 11.6. The van der Waals surface area contributed by atoms with Gasteiger partial charge in [-0.1, -0.05) is 12.1 Å². The Morgan fingerprint density at radius 3 is 2.37 bits per heavy atom. The number of likely N-dealkylation sites (N-methyl/N-ethyl adjacent to an activating group) is 1. The summed E-state index contributed by atoms with van der Waals surface area (Å²) in [7, 11) is 1.54. The first-order valence-corrected chi connectivity index (χ1v) is 5.95. The highest BCUT2D eigenvalue weighted by Gasteiger charge is 2.20. The molecule has 1 N–H and O–H groups in total. The molecule has 0 radical (unpaired) electrons. The number of nitrogens with zero attached hydrogens (tertiary/aromatic N) is 1. The monoisotopic (exact) mass is 265 g/mol. The van der Waals surface area contributed by atoms with Crippen molar-refractivity contribution in [2.24, 2.45) is 0 Å². The van der Waals surface area contributed by atoms with Gasteiger partial charge in [0.15, 0.2) is 0 Å². The number of carboxylic acids is 1. The quantitative estimate of drug-likeness (QED) is 0.906. The van der Waals surface area contributed by atoms with Crippen LogP contribution in [0.4, 0.5) is 5.69 Å². The fourth-order valence-corrected chi connectivity index (χ4v) is 1.46. The fourth-order valence-electron chi connectivity index (χ4n) is 1.46. The van der Waals surface area contributed by atoms with Gasteiger partial charge in [0, 0.05) is 7.05 Å². The molecule has 1 aromatic carbocycles. The Bertz CT molecular complexity index is 477. The summed E-state index contributed by atoms with van der Waals surface area (Å²) in [5.41, 5.74) is 0.0367. The van der Waals surface area contributed by atoms with Gasteiger partial charge >= 0.3 is 5.97 Å². The van der Waals surface area contributed by atoms with Gasteiger partial charge in [-0.15, -0.1) is 0 Å². The number of rotatable bonds is 4. The van der Waals surface area contributed by atoms with Crippen molar-refractivity contribution >= 4 is 17.6 Å². The van der Waals surface area contributed by atoms with Crippen molar-refractivity contribution in [3.63, 3.8) is 0 Å². The predicted molar refractivity (Wildman–Crippen MR) is 72.5 cm³/mol. The second-order valence-corrected chi connectivity index (χ2v) is 5.18. The average Bonchev–Trinajstić information content (AvgIpc) is 2.34. The van der Waals surface area contributed by atoms with Crippen molar-refractivity contribution < 1.29 is 19.4 Å². The molecule has 5 heteroatoms. The maximum absolute atomic E-state index is 12.0. The van der Waals surface area contributed by atoms with Crippen LogP contribution in [0.5, 0.6) is 0 Å². The van der Waals surface area contributed by atoms with Gasteiger partial charge in [0.1, 0.15) is 6.61 Å². The third kappa shape index (κ3) is 4.37. The average molecular weight is 265 g/mol. The molecule has 0 atom stereocenters. The topological polar surface area (TPSA) is 66.8 Å². The lowest BCUT2D eigenvalue weighted by atomic mass is 10.1. The van der Waals surface area contributed by atoms with Gasteiger partial charge in [-0.3, -0.25) is 4.79 Å². The highest BCUT2D eigenvalue weighted by Crippen LogP contribution is 2.19. The minimum atomic E-state index is -1.06. The maximum Gasteiger partial charge on any atom is 0.337 e. The van der Waals surface area contributed by atoms with Crippen LogP contribution in [0.2, 0.25) is 0 Å². The van der Waals surface area contributed by atoms with Crippen LogP contribution in [-0.4, -0.2) is 36.2 Å². The Balaban J connectivity index is 2.86. The summed E-state index contributed by atoms with van der Waals surface area (Å²) in [5, 5.41) is 9.09. The van der Waals surface area contributed by atoms with E-state index in [0.717, 1.165) is 0 Å². The third-order valence-electron chi connectivity index (χ3n) is 2.50. The number of hydrogen-bond acceptors (Lipinski definition) is 3. The molecule has 1 aromatic rings. The molecule has 0 spiro atoms. The lowest BCUT2D eigenvalue weighted by Crippen LogP contribution is -2.34. The van der Waals surface area contributed by atoms with Gasteiger partial charge in [0.2, 0.25) is 0 Å². The largest absolute Gasteiger partial charge is 0.478 e. The Morgan fingerprint density at radius 1 is 1.26 bits per heavy atom. The van der Waals surface area contributed by atoms with E-state index >= 15 is 0 Å². The minimum Gasteiger partial charge on any atom is -0.478 e. The molecule has 0 aliphatic heterocycles. The fraction of sp³-hybridized carbons (Fsp3) is 0.429. The van der Waals surface area contributed by atoms with Crippen LogP contribution in [0.25, 0.3) is 0 Å². The molecule has 19 heavy (non-hydrogen) atoms. The van der Waals surface area contributed by atoms with Crippen LogP contribution in [-0.2, 0) is 9.53 Å². The Hall–Kier alpha value is -1.88. The zero-order valence-electron chi connectivity index (χ0n) is 11.6. The van der Waals surface area contributed by atoms with Crippen LogP contribution in [0.3, 0.4) is 0 Å². The molecule has 104 valence electrons. The van der Waals surface area contributed by atoms with Gasteiger partial charge < -0.3 is 14.7 Å². The van der Waals surface area contributed by atoms with E-state index in [4.69, 9.17) is 9.84 Å². The molecule has 0 fully saturated rings. The Labute approximate surface area is 112 Å². The van der Waals surface area contributed by atoms with E-state index in [-0.39, 0.29) is 18.1 Å². The van der Waals surface area contributed by atoms with Crippen LogP contribution in [0.15, 0.2) is 24.3 Å². The summed E-state index contributed by atoms with van der Waals surface area (Å²) in [4.78, 5) is 24.4. The zero-order chi connectivity index (χ0) is 14.6. The highest BCUT2D eigenvalue weighted by atomic mass is 16.5. The van der Waals surface area contributed by atoms with Gasteiger partial charge in [0.05, 0.1) is 16.9 Å². The molecule has 0 heterocycles. The first-order chi connectivity index (χ1) is 8.72. The number of benzene rings is 1.